The van der Waals surface area contributed by atoms with Crippen LogP contribution in [-0.4, -0.2) is 37.5 Å². The summed E-state index contributed by atoms with van der Waals surface area (Å²) in [6, 6.07) is 12.5. The molecule has 1 saturated heterocycles. The number of carbonyl (C=O) groups is 2. The molecule has 1 heterocycles. The van der Waals surface area contributed by atoms with E-state index in [1.54, 1.807) is 31.4 Å². The first kappa shape index (κ1) is 17.8. The summed E-state index contributed by atoms with van der Waals surface area (Å²) in [5.74, 6) is 1.11. The van der Waals surface area contributed by atoms with Crippen LogP contribution in [0.25, 0.3) is 0 Å². The summed E-state index contributed by atoms with van der Waals surface area (Å²) in [5, 5.41) is 2.86. The molecule has 0 bridgehead atoms. The second kappa shape index (κ2) is 7.91. The molecule has 0 saturated carbocycles. The standard InChI is InChI=1S/C20H22N2O4/c1-25-16-8-9-17(18(12-16)26-2)21-20(24)15-6-3-5-14(11-15)13-22-10-4-7-19(22)23/h3,5-6,8-9,11-12H,4,7,10,13H2,1-2H3,(H,21,24). The lowest BCUT2D eigenvalue weighted by Gasteiger charge is -2.16. The monoisotopic (exact) mass is 354 g/mol. The van der Waals surface area contributed by atoms with Gasteiger partial charge in [0.15, 0.2) is 0 Å². The molecule has 1 N–H and O–H groups in total. The molecule has 3 rings (SSSR count). The number of anilines is 1. The quantitative estimate of drug-likeness (QED) is 0.866. The van der Waals surface area contributed by atoms with Crippen molar-refractivity contribution in [3.05, 3.63) is 53.6 Å². The van der Waals surface area contributed by atoms with Gasteiger partial charge in [-0.25, -0.2) is 0 Å². The molecule has 1 aliphatic rings. The molecule has 0 unspecified atom stereocenters. The first-order valence-corrected chi connectivity index (χ1v) is 8.51. The topological polar surface area (TPSA) is 67.9 Å². The zero-order valence-corrected chi connectivity index (χ0v) is 15.0. The van der Waals surface area contributed by atoms with Gasteiger partial charge in [-0.3, -0.25) is 9.59 Å². The Morgan fingerprint density at radius 2 is 2.00 bits per heavy atom. The van der Waals surface area contributed by atoms with E-state index in [2.05, 4.69) is 5.32 Å². The Bertz CT molecular complexity index is 819. The zero-order valence-electron chi connectivity index (χ0n) is 15.0. The smallest absolute Gasteiger partial charge is 0.255 e. The molecule has 0 atom stereocenters. The lowest BCUT2D eigenvalue weighted by Crippen LogP contribution is -2.24. The van der Waals surface area contributed by atoms with Gasteiger partial charge in [0.2, 0.25) is 5.91 Å². The van der Waals surface area contributed by atoms with Crippen LogP contribution in [0.3, 0.4) is 0 Å². The Morgan fingerprint density at radius 3 is 2.69 bits per heavy atom. The predicted octanol–water partition coefficient (Wildman–Crippen LogP) is 3.08. The van der Waals surface area contributed by atoms with Crippen LogP contribution in [0.5, 0.6) is 11.5 Å². The summed E-state index contributed by atoms with van der Waals surface area (Å²) in [6.07, 6.45) is 1.51. The van der Waals surface area contributed by atoms with Gasteiger partial charge >= 0.3 is 0 Å². The maximum absolute atomic E-state index is 12.6. The van der Waals surface area contributed by atoms with Crippen LogP contribution in [0, 0.1) is 0 Å². The Morgan fingerprint density at radius 1 is 1.15 bits per heavy atom. The Labute approximate surface area is 152 Å². The van der Waals surface area contributed by atoms with Gasteiger partial charge in [-0.05, 0) is 36.2 Å². The van der Waals surface area contributed by atoms with E-state index in [1.807, 2.05) is 23.1 Å². The number of hydrogen-bond donors (Lipinski definition) is 1. The largest absolute Gasteiger partial charge is 0.497 e. The Kier molecular flexibility index (Phi) is 5.41. The normalized spacial score (nSPS) is 13.6. The molecular formula is C20H22N2O4. The zero-order chi connectivity index (χ0) is 18.5. The third kappa shape index (κ3) is 3.96. The van der Waals surface area contributed by atoms with E-state index >= 15 is 0 Å². The van der Waals surface area contributed by atoms with Crippen LogP contribution in [0.1, 0.15) is 28.8 Å². The highest BCUT2D eigenvalue weighted by Crippen LogP contribution is 2.29. The van der Waals surface area contributed by atoms with Crippen LogP contribution in [0.2, 0.25) is 0 Å². The van der Waals surface area contributed by atoms with Gasteiger partial charge in [-0.1, -0.05) is 12.1 Å². The van der Waals surface area contributed by atoms with Crippen LogP contribution < -0.4 is 14.8 Å². The van der Waals surface area contributed by atoms with Crippen molar-refractivity contribution in [1.82, 2.24) is 4.90 Å². The molecular weight excluding hydrogens is 332 g/mol. The molecule has 0 spiro atoms. The van der Waals surface area contributed by atoms with Crippen LogP contribution >= 0.6 is 0 Å². The fraction of sp³-hybridized carbons (Fsp3) is 0.300. The minimum Gasteiger partial charge on any atom is -0.497 e. The number of amides is 2. The molecule has 0 aliphatic carbocycles. The fourth-order valence-corrected chi connectivity index (χ4v) is 3.00. The highest BCUT2D eigenvalue weighted by molar-refractivity contribution is 6.05. The fourth-order valence-electron chi connectivity index (χ4n) is 3.00. The third-order valence-corrected chi connectivity index (χ3v) is 4.39. The van der Waals surface area contributed by atoms with Gasteiger partial charge in [-0.2, -0.15) is 0 Å². The maximum Gasteiger partial charge on any atom is 0.255 e. The molecule has 0 aromatic heterocycles. The van der Waals surface area contributed by atoms with E-state index in [9.17, 15) is 9.59 Å². The maximum atomic E-state index is 12.6. The number of rotatable bonds is 6. The molecule has 2 aromatic carbocycles. The molecule has 1 fully saturated rings. The van der Waals surface area contributed by atoms with Crippen molar-refractivity contribution >= 4 is 17.5 Å². The van der Waals surface area contributed by atoms with E-state index in [1.165, 1.54) is 7.11 Å². The average molecular weight is 354 g/mol. The number of ether oxygens (including phenoxy) is 2. The lowest BCUT2D eigenvalue weighted by atomic mass is 10.1. The van der Waals surface area contributed by atoms with Gasteiger partial charge in [-0.15, -0.1) is 0 Å². The van der Waals surface area contributed by atoms with Crippen molar-refractivity contribution in [2.75, 3.05) is 26.1 Å². The van der Waals surface area contributed by atoms with Gasteiger partial charge in [0.1, 0.15) is 11.5 Å². The van der Waals surface area contributed by atoms with E-state index in [0.717, 1.165) is 18.5 Å². The van der Waals surface area contributed by atoms with E-state index in [4.69, 9.17) is 9.47 Å². The van der Waals surface area contributed by atoms with Crippen molar-refractivity contribution in [2.24, 2.45) is 0 Å². The van der Waals surface area contributed by atoms with E-state index in [0.29, 0.717) is 35.7 Å². The van der Waals surface area contributed by atoms with E-state index < -0.39 is 0 Å². The average Bonchev–Trinajstić information content (AvgIpc) is 3.06. The minimum atomic E-state index is -0.233. The van der Waals surface area contributed by atoms with Crippen LogP contribution in [0.15, 0.2) is 42.5 Å². The van der Waals surface area contributed by atoms with Crippen LogP contribution in [-0.2, 0) is 11.3 Å². The van der Waals surface area contributed by atoms with Gasteiger partial charge in [0, 0.05) is 31.1 Å². The SMILES string of the molecule is COc1ccc(NC(=O)c2cccc(CN3CCCC3=O)c2)c(OC)c1. The summed E-state index contributed by atoms with van der Waals surface area (Å²) in [7, 11) is 3.11. The number of nitrogens with zero attached hydrogens (tertiary/aromatic N) is 1. The minimum absolute atomic E-state index is 0.169. The molecule has 2 amide bonds. The van der Waals surface area contributed by atoms with Crippen molar-refractivity contribution in [2.45, 2.75) is 19.4 Å². The molecule has 136 valence electrons. The Hall–Kier alpha value is -3.02. The van der Waals surface area contributed by atoms with Crippen molar-refractivity contribution in [3.63, 3.8) is 0 Å². The Balaban J connectivity index is 1.74. The highest BCUT2D eigenvalue weighted by Gasteiger charge is 2.20. The highest BCUT2D eigenvalue weighted by atomic mass is 16.5. The number of hydrogen-bond acceptors (Lipinski definition) is 4. The number of benzene rings is 2. The number of nitrogens with one attached hydrogen (secondary N) is 1. The first-order valence-electron chi connectivity index (χ1n) is 8.51. The van der Waals surface area contributed by atoms with Gasteiger partial charge in [0.25, 0.3) is 5.91 Å². The molecule has 1 aliphatic heterocycles. The van der Waals surface area contributed by atoms with E-state index in [-0.39, 0.29) is 11.8 Å². The van der Waals surface area contributed by atoms with Gasteiger partial charge in [0.05, 0.1) is 19.9 Å². The lowest BCUT2D eigenvalue weighted by molar-refractivity contribution is -0.128. The first-order chi connectivity index (χ1) is 12.6. The predicted molar refractivity (Wildman–Crippen MR) is 98.6 cm³/mol. The summed E-state index contributed by atoms with van der Waals surface area (Å²) in [5.41, 5.74) is 2.04. The number of carbonyl (C=O) groups excluding carboxylic acids is 2. The number of methoxy groups -OCH3 is 2. The molecule has 0 radical (unpaired) electrons. The second-order valence-corrected chi connectivity index (χ2v) is 6.14. The van der Waals surface area contributed by atoms with Gasteiger partial charge < -0.3 is 19.7 Å². The summed E-state index contributed by atoms with van der Waals surface area (Å²) in [6.45, 7) is 1.31. The van der Waals surface area contributed by atoms with Crippen molar-refractivity contribution < 1.29 is 19.1 Å². The van der Waals surface area contributed by atoms with Crippen molar-refractivity contribution in [3.8, 4) is 11.5 Å². The molecule has 26 heavy (non-hydrogen) atoms. The van der Waals surface area contributed by atoms with Crippen LogP contribution in [0.4, 0.5) is 5.69 Å². The third-order valence-electron chi connectivity index (χ3n) is 4.39. The molecule has 6 nitrogen and oxygen atoms in total. The second-order valence-electron chi connectivity index (χ2n) is 6.14. The summed E-state index contributed by atoms with van der Waals surface area (Å²) < 4.78 is 10.5. The number of likely N-dealkylation sites (tertiary alicyclic amines) is 1. The molecule has 6 heteroatoms. The summed E-state index contributed by atoms with van der Waals surface area (Å²) in [4.78, 5) is 26.2. The van der Waals surface area contributed by atoms with Crippen molar-refractivity contribution in [1.29, 1.82) is 0 Å². The summed E-state index contributed by atoms with van der Waals surface area (Å²) >= 11 is 0. The molecule has 2 aromatic rings.